The second-order valence-corrected chi connectivity index (χ2v) is 7.63. The molecule has 0 aromatic heterocycles. The largest absolute Gasteiger partial charge is 0.402 e. The van der Waals surface area contributed by atoms with E-state index in [1.54, 1.807) is 6.20 Å². The normalized spacial score (nSPS) is 22.2. The number of aliphatic hydroxyl groups is 1. The van der Waals surface area contributed by atoms with Crippen molar-refractivity contribution in [1.82, 2.24) is 4.90 Å². The number of hydrogen-bond donors (Lipinski definition) is 3. The maximum atomic E-state index is 11.5. The first-order valence-electron chi connectivity index (χ1n) is 10.2. The van der Waals surface area contributed by atoms with Gasteiger partial charge in [0.05, 0.1) is 0 Å². The summed E-state index contributed by atoms with van der Waals surface area (Å²) in [5, 5.41) is 7.00. The molecule has 0 aromatic carbocycles. The van der Waals surface area contributed by atoms with Gasteiger partial charge in [0, 0.05) is 43.6 Å². The molecular weight excluding hydrogens is 352 g/mol. The molecule has 1 aliphatic carbocycles. The summed E-state index contributed by atoms with van der Waals surface area (Å²) in [7, 11) is 1.00. The highest BCUT2D eigenvalue weighted by molar-refractivity contribution is 6.03. The summed E-state index contributed by atoms with van der Waals surface area (Å²) in [5.41, 5.74) is 16.4. The summed E-state index contributed by atoms with van der Waals surface area (Å²) in [6.07, 6.45) is 7.71. The standard InChI is InChI=1S/C21H34N4O.CH4O/c1-5-16-7-8-18(14(3)13-16)19(15(4)22)21(24-6-2)25-11-9-17(10-12-25)20(23)26;1-2/h6,16-17H,2,5,7-13,22H2,1,3-4H3,(H2,23,26);2H,1H3/b19-15-,24-21?;. The maximum Gasteiger partial charge on any atom is 0.220 e. The van der Waals surface area contributed by atoms with E-state index in [9.17, 15) is 4.79 Å². The zero-order valence-corrected chi connectivity index (χ0v) is 18.0. The monoisotopic (exact) mass is 390 g/mol. The number of aliphatic imine (C=N–C) groups is 1. The molecule has 1 atom stereocenters. The predicted octanol–water partition coefficient (Wildman–Crippen LogP) is 3.09. The van der Waals surface area contributed by atoms with Crippen LogP contribution in [0.5, 0.6) is 0 Å². The van der Waals surface area contributed by atoms with Gasteiger partial charge in [-0.05, 0) is 57.4 Å². The highest BCUT2D eigenvalue weighted by Crippen LogP contribution is 2.36. The molecule has 6 nitrogen and oxygen atoms in total. The van der Waals surface area contributed by atoms with Crippen molar-refractivity contribution in [1.29, 1.82) is 0 Å². The van der Waals surface area contributed by atoms with Crippen molar-refractivity contribution in [3.8, 4) is 0 Å². The minimum Gasteiger partial charge on any atom is -0.402 e. The van der Waals surface area contributed by atoms with E-state index >= 15 is 0 Å². The number of rotatable bonds is 5. The van der Waals surface area contributed by atoms with Gasteiger partial charge in [-0.2, -0.15) is 0 Å². The molecule has 1 saturated heterocycles. The van der Waals surface area contributed by atoms with Gasteiger partial charge in [-0.15, -0.1) is 0 Å². The van der Waals surface area contributed by atoms with Crippen molar-refractivity contribution in [3.63, 3.8) is 0 Å². The van der Waals surface area contributed by atoms with Gasteiger partial charge >= 0.3 is 0 Å². The molecule has 1 fully saturated rings. The summed E-state index contributed by atoms with van der Waals surface area (Å²) >= 11 is 0. The fourth-order valence-electron chi connectivity index (χ4n) is 4.22. The SMILES string of the molecule is C=CN=C(/C(C1=C(C)CC(CC)CC1)=C(/C)N)N1CCC(C(N)=O)CC1.CO. The molecule has 0 saturated carbocycles. The zero-order chi connectivity index (χ0) is 21.3. The molecule has 0 spiro atoms. The topological polar surface area (TPSA) is 105 Å². The third kappa shape index (κ3) is 5.96. The van der Waals surface area contributed by atoms with Gasteiger partial charge in [-0.1, -0.05) is 25.5 Å². The lowest BCUT2D eigenvalue weighted by molar-refractivity contribution is -0.122. The Labute approximate surface area is 170 Å². The number of amides is 1. The Bertz CT molecular complexity index is 637. The molecule has 2 rings (SSSR count). The second-order valence-electron chi connectivity index (χ2n) is 7.63. The van der Waals surface area contributed by atoms with Crippen LogP contribution in [-0.2, 0) is 4.79 Å². The Morgan fingerprint density at radius 3 is 2.32 bits per heavy atom. The Morgan fingerprint density at radius 2 is 1.89 bits per heavy atom. The summed E-state index contributed by atoms with van der Waals surface area (Å²) < 4.78 is 0. The van der Waals surface area contributed by atoms with Crippen LogP contribution in [0.2, 0.25) is 0 Å². The summed E-state index contributed by atoms with van der Waals surface area (Å²) in [4.78, 5) is 18.3. The van der Waals surface area contributed by atoms with E-state index in [2.05, 4.69) is 30.3 Å². The lowest BCUT2D eigenvalue weighted by Crippen LogP contribution is -2.43. The van der Waals surface area contributed by atoms with Crippen molar-refractivity contribution >= 4 is 11.7 Å². The highest BCUT2D eigenvalue weighted by Gasteiger charge is 2.29. The fraction of sp³-hybridized carbons (Fsp3) is 0.636. The Kier molecular flexibility index (Phi) is 10.0. The average molecular weight is 391 g/mol. The van der Waals surface area contributed by atoms with E-state index in [0.717, 1.165) is 68.9 Å². The van der Waals surface area contributed by atoms with E-state index in [4.69, 9.17) is 16.6 Å². The Morgan fingerprint density at radius 1 is 1.29 bits per heavy atom. The van der Waals surface area contributed by atoms with Gasteiger partial charge in [-0.25, -0.2) is 4.99 Å². The number of aliphatic hydroxyl groups excluding tert-OH is 1. The molecular formula is C22H38N4O2. The first kappa shape index (κ1) is 24.0. The van der Waals surface area contributed by atoms with Gasteiger partial charge in [0.1, 0.15) is 5.84 Å². The zero-order valence-electron chi connectivity index (χ0n) is 18.0. The van der Waals surface area contributed by atoms with E-state index in [-0.39, 0.29) is 11.8 Å². The average Bonchev–Trinajstić information content (AvgIpc) is 2.70. The molecule has 6 heteroatoms. The smallest absolute Gasteiger partial charge is 0.220 e. The number of primary amides is 1. The van der Waals surface area contributed by atoms with Crippen LogP contribution < -0.4 is 11.5 Å². The number of carbonyl (C=O) groups excluding carboxylic acids is 1. The lowest BCUT2D eigenvalue weighted by atomic mass is 9.79. The minimum absolute atomic E-state index is 0.0384. The molecule has 0 bridgehead atoms. The van der Waals surface area contributed by atoms with Crippen LogP contribution in [0, 0.1) is 11.8 Å². The minimum atomic E-state index is -0.200. The van der Waals surface area contributed by atoms with Crippen molar-refractivity contribution in [2.24, 2.45) is 28.3 Å². The van der Waals surface area contributed by atoms with Gasteiger partial charge in [0.15, 0.2) is 0 Å². The number of carbonyl (C=O) groups is 1. The number of allylic oxidation sites excluding steroid dienone is 2. The molecule has 0 radical (unpaired) electrons. The number of nitrogens with two attached hydrogens (primary N) is 2. The van der Waals surface area contributed by atoms with Crippen LogP contribution in [0.15, 0.2) is 40.2 Å². The number of likely N-dealkylation sites (tertiary alicyclic amines) is 1. The summed E-state index contributed by atoms with van der Waals surface area (Å²) in [6, 6.07) is 0. The highest BCUT2D eigenvalue weighted by atomic mass is 16.2. The summed E-state index contributed by atoms with van der Waals surface area (Å²) in [5.74, 6) is 1.43. The van der Waals surface area contributed by atoms with Crippen molar-refractivity contribution in [2.75, 3.05) is 20.2 Å². The van der Waals surface area contributed by atoms with E-state index < -0.39 is 0 Å². The molecule has 1 amide bonds. The van der Waals surface area contributed by atoms with Gasteiger partial charge in [-0.3, -0.25) is 4.79 Å². The summed E-state index contributed by atoms with van der Waals surface area (Å²) in [6.45, 7) is 11.8. The van der Waals surface area contributed by atoms with E-state index in [0.29, 0.717) is 0 Å². The Hall–Kier alpha value is -2.08. The van der Waals surface area contributed by atoms with Crippen LogP contribution in [0.4, 0.5) is 0 Å². The predicted molar refractivity (Wildman–Crippen MR) is 116 cm³/mol. The maximum absolute atomic E-state index is 11.5. The van der Waals surface area contributed by atoms with Gasteiger partial charge in [0.25, 0.3) is 0 Å². The number of nitrogens with zero attached hydrogens (tertiary/aromatic N) is 2. The molecule has 28 heavy (non-hydrogen) atoms. The van der Waals surface area contributed by atoms with Gasteiger partial charge in [0.2, 0.25) is 5.91 Å². The number of hydrogen-bond acceptors (Lipinski definition) is 4. The fourth-order valence-corrected chi connectivity index (χ4v) is 4.22. The number of amidine groups is 1. The molecule has 1 heterocycles. The first-order valence-corrected chi connectivity index (χ1v) is 10.2. The second kappa shape index (κ2) is 11.7. The Balaban J connectivity index is 0.00000190. The quantitative estimate of drug-likeness (QED) is 0.495. The van der Waals surface area contributed by atoms with Crippen LogP contribution in [-0.4, -0.2) is 41.9 Å². The first-order chi connectivity index (χ1) is 13.4. The van der Waals surface area contributed by atoms with Crippen molar-refractivity contribution in [2.45, 2.75) is 59.3 Å². The molecule has 0 aromatic rings. The van der Waals surface area contributed by atoms with Gasteiger partial charge < -0.3 is 21.5 Å². The van der Waals surface area contributed by atoms with Crippen molar-refractivity contribution < 1.29 is 9.90 Å². The molecule has 1 unspecified atom stereocenters. The van der Waals surface area contributed by atoms with Crippen LogP contribution in [0.25, 0.3) is 0 Å². The molecule has 2 aliphatic rings. The van der Waals surface area contributed by atoms with Crippen LogP contribution in [0.1, 0.15) is 59.3 Å². The van der Waals surface area contributed by atoms with E-state index in [1.807, 2.05) is 6.92 Å². The molecule has 158 valence electrons. The van der Waals surface area contributed by atoms with Crippen molar-refractivity contribution in [3.05, 3.63) is 35.2 Å². The third-order valence-electron chi connectivity index (χ3n) is 5.82. The molecule has 1 aliphatic heterocycles. The van der Waals surface area contributed by atoms with Crippen LogP contribution >= 0.6 is 0 Å². The van der Waals surface area contributed by atoms with Crippen LogP contribution in [0.3, 0.4) is 0 Å². The molecule has 5 N–H and O–H groups in total. The van der Waals surface area contributed by atoms with E-state index in [1.165, 1.54) is 24.0 Å². The third-order valence-corrected chi connectivity index (χ3v) is 5.82. The number of piperidine rings is 1. The lowest BCUT2D eigenvalue weighted by Gasteiger charge is -2.36.